The average Bonchev–Trinajstić information content (AvgIpc) is 3.02. The molecule has 6 nitrogen and oxygen atoms in total. The maximum Gasteiger partial charge on any atom is 0.415 e. The summed E-state index contributed by atoms with van der Waals surface area (Å²) in [5, 5.41) is 0. The van der Waals surface area contributed by atoms with Crippen molar-refractivity contribution in [1.82, 2.24) is 14.3 Å². The molecule has 3 rings (SSSR count). The maximum absolute atomic E-state index is 12.9. The number of imidazole rings is 1. The van der Waals surface area contributed by atoms with Crippen molar-refractivity contribution in [3.8, 4) is 5.75 Å². The van der Waals surface area contributed by atoms with Gasteiger partial charge in [0.15, 0.2) is 17.2 Å². The summed E-state index contributed by atoms with van der Waals surface area (Å²) in [7, 11) is 0. The predicted octanol–water partition coefficient (Wildman–Crippen LogP) is 4.69. The number of hydrogen-bond donors (Lipinski definition) is 0. The molecular formula is C23H25N3O3. The Hall–Kier alpha value is -3.41. The van der Waals surface area contributed by atoms with Gasteiger partial charge < -0.3 is 14.0 Å². The summed E-state index contributed by atoms with van der Waals surface area (Å²) in [6, 6.07) is 11.2. The number of fused-ring (bicyclic) bond motifs is 1. The largest absolute Gasteiger partial charge is 0.415 e. The van der Waals surface area contributed by atoms with E-state index in [0.717, 1.165) is 17.0 Å². The summed E-state index contributed by atoms with van der Waals surface area (Å²) < 4.78 is 7.52. The molecule has 6 heteroatoms. The van der Waals surface area contributed by atoms with Crippen molar-refractivity contribution < 1.29 is 14.3 Å². The van der Waals surface area contributed by atoms with Gasteiger partial charge in [-0.3, -0.25) is 4.79 Å². The molecule has 0 aliphatic rings. The highest BCUT2D eigenvalue weighted by Gasteiger charge is 2.22. The number of carbonyl (C=O) groups is 2. The van der Waals surface area contributed by atoms with Crippen molar-refractivity contribution in [2.45, 2.75) is 27.7 Å². The number of allylic oxidation sites excluding steroid dienone is 1. The van der Waals surface area contributed by atoms with Crippen LogP contribution in [0.1, 0.15) is 41.2 Å². The Labute approximate surface area is 170 Å². The first-order valence-corrected chi connectivity index (χ1v) is 9.68. The third-order valence-corrected chi connectivity index (χ3v) is 4.93. The van der Waals surface area contributed by atoms with Crippen LogP contribution in [0.2, 0.25) is 0 Å². The first kappa shape index (κ1) is 20.3. The second kappa shape index (κ2) is 8.73. The molecule has 3 aromatic rings. The zero-order valence-corrected chi connectivity index (χ0v) is 17.2. The van der Waals surface area contributed by atoms with Crippen molar-refractivity contribution in [3.05, 3.63) is 71.2 Å². The van der Waals surface area contributed by atoms with E-state index < -0.39 is 6.09 Å². The van der Waals surface area contributed by atoms with Gasteiger partial charge in [0.05, 0.1) is 11.3 Å². The second-order valence-corrected chi connectivity index (χ2v) is 6.68. The Morgan fingerprint density at radius 1 is 1.10 bits per heavy atom. The second-order valence-electron chi connectivity index (χ2n) is 6.68. The molecule has 2 heterocycles. The van der Waals surface area contributed by atoms with Gasteiger partial charge in [-0.05, 0) is 45.4 Å². The van der Waals surface area contributed by atoms with Crippen molar-refractivity contribution in [2.75, 3.05) is 13.1 Å². The molecule has 0 radical (unpaired) electrons. The molecule has 0 fully saturated rings. The van der Waals surface area contributed by atoms with Crippen LogP contribution >= 0.6 is 0 Å². The van der Waals surface area contributed by atoms with Crippen LogP contribution < -0.4 is 4.74 Å². The number of hydrogen-bond acceptors (Lipinski definition) is 4. The minimum atomic E-state index is -0.498. The number of pyridine rings is 1. The van der Waals surface area contributed by atoms with Crippen molar-refractivity contribution in [1.29, 1.82) is 0 Å². The highest BCUT2D eigenvalue weighted by atomic mass is 16.6. The lowest BCUT2D eigenvalue weighted by Crippen LogP contribution is -2.33. The highest BCUT2D eigenvalue weighted by Crippen LogP contribution is 2.28. The van der Waals surface area contributed by atoms with Crippen LogP contribution in [0.5, 0.6) is 5.75 Å². The maximum atomic E-state index is 12.9. The van der Waals surface area contributed by atoms with Crippen LogP contribution in [0.25, 0.3) is 11.7 Å². The Morgan fingerprint density at radius 2 is 1.79 bits per heavy atom. The van der Waals surface area contributed by atoms with E-state index in [2.05, 4.69) is 4.98 Å². The van der Waals surface area contributed by atoms with Crippen LogP contribution in [0.4, 0.5) is 4.79 Å². The monoisotopic (exact) mass is 391 g/mol. The lowest BCUT2D eigenvalue weighted by atomic mass is 10.1. The zero-order chi connectivity index (χ0) is 21.0. The number of rotatable bonds is 6. The van der Waals surface area contributed by atoms with Crippen LogP contribution in [-0.4, -0.2) is 39.3 Å². The lowest BCUT2D eigenvalue weighted by Gasteiger charge is -2.19. The number of amides is 1. The molecular weight excluding hydrogens is 366 g/mol. The molecule has 0 aliphatic heterocycles. The number of aromatic nitrogens is 2. The first-order valence-electron chi connectivity index (χ1n) is 9.68. The number of aryl methyl sites for hydroxylation is 2. The van der Waals surface area contributed by atoms with Gasteiger partial charge in [-0.2, -0.15) is 0 Å². The number of carbonyl (C=O) groups excluding carboxylic acids is 2. The van der Waals surface area contributed by atoms with Gasteiger partial charge in [-0.1, -0.05) is 36.4 Å². The fourth-order valence-electron chi connectivity index (χ4n) is 3.07. The Balaban J connectivity index is 2.05. The Kier molecular flexibility index (Phi) is 6.12. The molecule has 0 saturated carbocycles. The summed E-state index contributed by atoms with van der Waals surface area (Å²) in [5.74, 6) is -0.0692. The fraction of sp³-hybridized carbons (Fsp3) is 0.261. The molecule has 0 spiro atoms. The molecule has 1 aromatic carbocycles. The quantitative estimate of drug-likeness (QED) is 0.452. The van der Waals surface area contributed by atoms with Gasteiger partial charge in [-0.15, -0.1) is 0 Å². The van der Waals surface area contributed by atoms with Crippen LogP contribution in [0.3, 0.4) is 0 Å². The molecule has 0 bridgehead atoms. The topological polar surface area (TPSA) is 63.9 Å². The van der Waals surface area contributed by atoms with Gasteiger partial charge in [0, 0.05) is 25.0 Å². The van der Waals surface area contributed by atoms with Gasteiger partial charge in [0.2, 0.25) is 0 Å². The summed E-state index contributed by atoms with van der Waals surface area (Å²) in [5.41, 5.74) is 3.42. The number of ketones is 1. The number of ether oxygens (including phenoxy) is 1. The SMILES string of the molecule is CCN(CC)C(=O)Oc1c(C(=O)C=Cc2ccccc2)ccn2c(C)c(C)nc12. The van der Waals surface area contributed by atoms with E-state index >= 15 is 0 Å². The van der Waals surface area contributed by atoms with Crippen LogP contribution in [0, 0.1) is 13.8 Å². The highest BCUT2D eigenvalue weighted by molar-refractivity contribution is 6.10. The van der Waals surface area contributed by atoms with Gasteiger partial charge in [0.25, 0.3) is 0 Å². The number of nitrogens with zero attached hydrogens (tertiary/aromatic N) is 3. The Bertz CT molecular complexity index is 1060. The molecule has 0 aliphatic carbocycles. The van der Waals surface area contributed by atoms with Gasteiger partial charge in [0.1, 0.15) is 0 Å². The third kappa shape index (κ3) is 4.21. The third-order valence-electron chi connectivity index (χ3n) is 4.93. The van der Waals surface area contributed by atoms with E-state index in [1.807, 2.05) is 62.4 Å². The summed E-state index contributed by atoms with van der Waals surface area (Å²) in [6.07, 6.45) is 4.51. The van der Waals surface area contributed by atoms with Crippen molar-refractivity contribution >= 4 is 23.6 Å². The van der Waals surface area contributed by atoms with Gasteiger partial charge >= 0.3 is 6.09 Å². The van der Waals surface area contributed by atoms with E-state index in [0.29, 0.717) is 24.3 Å². The van der Waals surface area contributed by atoms with E-state index in [1.165, 1.54) is 6.08 Å². The average molecular weight is 391 g/mol. The van der Waals surface area contributed by atoms with Crippen molar-refractivity contribution in [2.24, 2.45) is 0 Å². The normalized spacial score (nSPS) is 11.2. The van der Waals surface area contributed by atoms with E-state index in [-0.39, 0.29) is 11.5 Å². The smallest absolute Gasteiger partial charge is 0.405 e. The summed E-state index contributed by atoms with van der Waals surface area (Å²) >= 11 is 0. The van der Waals surface area contributed by atoms with E-state index in [4.69, 9.17) is 4.74 Å². The zero-order valence-electron chi connectivity index (χ0n) is 17.2. The standard InChI is InChI=1S/C23H25N3O3/c1-5-25(6-2)23(28)29-21-19(14-15-26-17(4)16(3)24-22(21)26)20(27)13-12-18-10-8-7-9-11-18/h7-15H,5-6H2,1-4H3. The molecule has 29 heavy (non-hydrogen) atoms. The van der Waals surface area contributed by atoms with Gasteiger partial charge in [-0.25, -0.2) is 9.78 Å². The minimum absolute atomic E-state index is 0.184. The molecule has 1 amide bonds. The predicted molar refractivity (Wildman–Crippen MR) is 113 cm³/mol. The summed E-state index contributed by atoms with van der Waals surface area (Å²) in [6.45, 7) is 8.61. The van der Waals surface area contributed by atoms with Crippen LogP contribution in [0.15, 0.2) is 48.7 Å². The molecule has 0 N–H and O–H groups in total. The van der Waals surface area contributed by atoms with Crippen LogP contribution in [-0.2, 0) is 0 Å². The fourth-order valence-corrected chi connectivity index (χ4v) is 3.07. The molecule has 0 atom stereocenters. The lowest BCUT2D eigenvalue weighted by molar-refractivity contribution is 0.104. The first-order chi connectivity index (χ1) is 14.0. The Morgan fingerprint density at radius 3 is 2.45 bits per heavy atom. The molecule has 150 valence electrons. The van der Waals surface area contributed by atoms with E-state index in [9.17, 15) is 9.59 Å². The molecule has 0 unspecified atom stereocenters. The summed E-state index contributed by atoms with van der Waals surface area (Å²) in [4.78, 5) is 31.6. The minimum Gasteiger partial charge on any atom is -0.405 e. The molecule has 0 saturated heterocycles. The number of benzene rings is 1. The molecule has 2 aromatic heterocycles. The van der Waals surface area contributed by atoms with Crippen molar-refractivity contribution in [3.63, 3.8) is 0 Å². The van der Waals surface area contributed by atoms with E-state index in [1.54, 1.807) is 23.2 Å².